The van der Waals surface area contributed by atoms with Gasteiger partial charge in [-0.15, -0.1) is 0 Å². The minimum Gasteiger partial charge on any atom is -0.480 e. The number of nitrogens with one attached hydrogen (secondary N) is 4. The maximum atomic E-state index is 12.8. The molecule has 1 aromatic rings. The van der Waals surface area contributed by atoms with E-state index in [1.165, 1.54) is 26.4 Å². The topological polar surface area (TPSA) is 179 Å². The lowest BCUT2D eigenvalue weighted by atomic mass is 10.0. The van der Waals surface area contributed by atoms with Gasteiger partial charge in [0.15, 0.2) is 0 Å². The number of rotatable bonds is 11. The molecular formula is C18H30N6O5. The first-order valence-electron chi connectivity index (χ1n) is 9.38. The van der Waals surface area contributed by atoms with Gasteiger partial charge in [-0.2, -0.15) is 0 Å². The zero-order valence-corrected chi connectivity index (χ0v) is 17.1. The van der Waals surface area contributed by atoms with Crippen molar-refractivity contribution >= 4 is 23.7 Å². The number of carboxylic acid groups (broad SMARTS) is 1. The quantitative estimate of drug-likeness (QED) is 0.268. The highest BCUT2D eigenvalue weighted by Gasteiger charge is 2.29. The van der Waals surface area contributed by atoms with E-state index >= 15 is 0 Å². The first-order chi connectivity index (χ1) is 13.5. The zero-order chi connectivity index (χ0) is 22.1. The molecule has 11 nitrogen and oxygen atoms in total. The Kier molecular flexibility index (Phi) is 9.26. The van der Waals surface area contributed by atoms with Crippen molar-refractivity contribution in [1.82, 2.24) is 25.9 Å². The maximum absolute atomic E-state index is 12.8. The first kappa shape index (κ1) is 24.1. The molecule has 4 atom stereocenters. The SMILES string of the molecule is CC(C)CC(NC(=O)C(Cc1cnc[nH]1)NC(=O)C(C)N)C(=O)NC(C)C(=O)O. The van der Waals surface area contributed by atoms with Gasteiger partial charge in [0.05, 0.1) is 12.4 Å². The number of nitrogens with zero attached hydrogens (tertiary/aromatic N) is 1. The predicted octanol–water partition coefficient (Wildman–Crippen LogP) is -1.10. The van der Waals surface area contributed by atoms with Gasteiger partial charge in [-0.1, -0.05) is 13.8 Å². The van der Waals surface area contributed by atoms with Crippen LogP contribution >= 0.6 is 0 Å². The second-order valence-corrected chi connectivity index (χ2v) is 7.39. The third-order valence-electron chi connectivity index (χ3n) is 4.09. The van der Waals surface area contributed by atoms with Gasteiger partial charge >= 0.3 is 5.97 Å². The highest BCUT2D eigenvalue weighted by molar-refractivity contribution is 5.94. The normalized spacial score (nSPS) is 15.1. The summed E-state index contributed by atoms with van der Waals surface area (Å²) in [4.78, 5) is 55.1. The standard InChI is InChI=1S/C18H30N6O5/c1-9(2)5-13(16(26)22-11(4)18(28)29)24-17(27)14(23-15(25)10(3)19)6-12-7-20-8-21-12/h7-11,13-14H,5-6,19H2,1-4H3,(H,20,21)(H,22,26)(H,23,25)(H,24,27)(H,28,29). The van der Waals surface area contributed by atoms with Crippen LogP contribution in [-0.2, 0) is 25.6 Å². The molecular weight excluding hydrogens is 380 g/mol. The van der Waals surface area contributed by atoms with Crippen molar-refractivity contribution in [2.45, 2.75) is 64.7 Å². The van der Waals surface area contributed by atoms with Crippen molar-refractivity contribution in [2.75, 3.05) is 0 Å². The molecule has 3 amide bonds. The number of nitrogens with two attached hydrogens (primary N) is 1. The van der Waals surface area contributed by atoms with Gasteiger partial charge in [-0.25, -0.2) is 4.98 Å². The van der Waals surface area contributed by atoms with Crippen LogP contribution in [0.1, 0.15) is 39.8 Å². The second-order valence-electron chi connectivity index (χ2n) is 7.39. The van der Waals surface area contributed by atoms with Crippen LogP contribution in [0.5, 0.6) is 0 Å². The Morgan fingerprint density at radius 3 is 2.10 bits per heavy atom. The van der Waals surface area contributed by atoms with Crippen LogP contribution in [0, 0.1) is 5.92 Å². The molecule has 0 radical (unpaired) electrons. The molecule has 11 heteroatoms. The van der Waals surface area contributed by atoms with E-state index in [4.69, 9.17) is 10.8 Å². The van der Waals surface area contributed by atoms with E-state index in [0.29, 0.717) is 12.1 Å². The van der Waals surface area contributed by atoms with E-state index in [1.807, 2.05) is 13.8 Å². The summed E-state index contributed by atoms with van der Waals surface area (Å²) in [7, 11) is 0. The van der Waals surface area contributed by atoms with Gasteiger partial charge in [-0.05, 0) is 26.2 Å². The number of carbonyl (C=O) groups is 4. The Labute approximate surface area is 169 Å². The molecule has 162 valence electrons. The average molecular weight is 410 g/mol. The predicted molar refractivity (Wildman–Crippen MR) is 104 cm³/mol. The lowest BCUT2D eigenvalue weighted by Gasteiger charge is -2.25. The minimum absolute atomic E-state index is 0.0518. The Morgan fingerprint density at radius 2 is 1.62 bits per heavy atom. The number of aromatic amines is 1. The number of H-pyrrole nitrogens is 1. The number of imidazole rings is 1. The number of aliphatic carboxylic acids is 1. The summed E-state index contributed by atoms with van der Waals surface area (Å²) >= 11 is 0. The van der Waals surface area contributed by atoms with Crippen LogP contribution in [0.15, 0.2) is 12.5 Å². The fourth-order valence-electron chi connectivity index (χ4n) is 2.48. The van der Waals surface area contributed by atoms with Crippen molar-refractivity contribution in [3.05, 3.63) is 18.2 Å². The van der Waals surface area contributed by atoms with E-state index < -0.39 is 47.9 Å². The number of carbonyl (C=O) groups excluding carboxylic acids is 3. The highest BCUT2D eigenvalue weighted by Crippen LogP contribution is 2.07. The van der Waals surface area contributed by atoms with Crippen molar-refractivity contribution in [3.8, 4) is 0 Å². The zero-order valence-electron chi connectivity index (χ0n) is 17.1. The molecule has 1 heterocycles. The second kappa shape index (κ2) is 11.1. The molecule has 1 aromatic heterocycles. The Morgan fingerprint density at radius 1 is 1.03 bits per heavy atom. The van der Waals surface area contributed by atoms with Crippen molar-refractivity contribution in [2.24, 2.45) is 11.7 Å². The summed E-state index contributed by atoms with van der Waals surface area (Å²) in [5.41, 5.74) is 6.18. The molecule has 1 rings (SSSR count). The molecule has 29 heavy (non-hydrogen) atoms. The number of carboxylic acids is 1. The third kappa shape index (κ3) is 8.30. The average Bonchev–Trinajstić information content (AvgIpc) is 3.12. The van der Waals surface area contributed by atoms with E-state index in [-0.39, 0.29) is 12.3 Å². The van der Waals surface area contributed by atoms with Crippen LogP contribution < -0.4 is 21.7 Å². The summed E-state index contributed by atoms with van der Waals surface area (Å²) < 4.78 is 0. The molecule has 4 unspecified atom stereocenters. The smallest absolute Gasteiger partial charge is 0.325 e. The number of amides is 3. The van der Waals surface area contributed by atoms with Crippen LogP contribution in [0.2, 0.25) is 0 Å². The lowest BCUT2D eigenvalue weighted by Crippen LogP contribution is -2.57. The lowest BCUT2D eigenvalue weighted by molar-refractivity contribution is -0.141. The molecule has 0 saturated carbocycles. The molecule has 0 aliphatic heterocycles. The van der Waals surface area contributed by atoms with Gasteiger partial charge in [0.25, 0.3) is 0 Å². The molecule has 0 aliphatic rings. The Balaban J connectivity index is 2.95. The Hall–Kier alpha value is -2.95. The number of hydrogen-bond acceptors (Lipinski definition) is 6. The molecule has 0 spiro atoms. The fourth-order valence-corrected chi connectivity index (χ4v) is 2.48. The molecule has 0 saturated heterocycles. The summed E-state index contributed by atoms with van der Waals surface area (Å²) in [6.45, 7) is 6.56. The maximum Gasteiger partial charge on any atom is 0.325 e. The van der Waals surface area contributed by atoms with E-state index in [0.717, 1.165) is 0 Å². The number of aromatic nitrogens is 2. The van der Waals surface area contributed by atoms with E-state index in [1.54, 1.807) is 0 Å². The van der Waals surface area contributed by atoms with Gasteiger partial charge < -0.3 is 31.8 Å². The summed E-state index contributed by atoms with van der Waals surface area (Å²) in [6, 6.07) is -3.88. The highest BCUT2D eigenvalue weighted by atomic mass is 16.4. The monoisotopic (exact) mass is 410 g/mol. The fraction of sp³-hybridized carbons (Fsp3) is 0.611. The Bertz CT molecular complexity index is 704. The van der Waals surface area contributed by atoms with Crippen molar-refractivity contribution in [1.29, 1.82) is 0 Å². The van der Waals surface area contributed by atoms with Crippen molar-refractivity contribution in [3.63, 3.8) is 0 Å². The molecule has 7 N–H and O–H groups in total. The molecule has 0 aromatic carbocycles. The minimum atomic E-state index is -1.19. The van der Waals surface area contributed by atoms with Crippen LogP contribution in [-0.4, -0.2) is 62.9 Å². The number of hydrogen-bond donors (Lipinski definition) is 6. The summed E-state index contributed by atoms with van der Waals surface area (Å²) in [5.74, 6) is -2.85. The molecule has 0 bridgehead atoms. The van der Waals surface area contributed by atoms with Gasteiger partial charge in [0.2, 0.25) is 17.7 Å². The van der Waals surface area contributed by atoms with E-state index in [2.05, 4.69) is 25.9 Å². The van der Waals surface area contributed by atoms with Gasteiger partial charge in [-0.3, -0.25) is 19.2 Å². The van der Waals surface area contributed by atoms with Crippen molar-refractivity contribution < 1.29 is 24.3 Å². The van der Waals surface area contributed by atoms with Crippen LogP contribution in [0.25, 0.3) is 0 Å². The summed E-state index contributed by atoms with van der Waals surface area (Å²) in [5, 5.41) is 16.5. The van der Waals surface area contributed by atoms with Crippen LogP contribution in [0.4, 0.5) is 0 Å². The largest absolute Gasteiger partial charge is 0.480 e. The molecule has 0 fully saturated rings. The third-order valence-corrected chi connectivity index (χ3v) is 4.09. The molecule has 0 aliphatic carbocycles. The van der Waals surface area contributed by atoms with Gasteiger partial charge in [0.1, 0.15) is 18.1 Å². The van der Waals surface area contributed by atoms with E-state index in [9.17, 15) is 19.2 Å². The van der Waals surface area contributed by atoms with Crippen LogP contribution in [0.3, 0.4) is 0 Å². The summed E-state index contributed by atoms with van der Waals surface area (Å²) in [6.07, 6.45) is 3.37. The van der Waals surface area contributed by atoms with Gasteiger partial charge in [0, 0.05) is 18.3 Å². The first-order valence-corrected chi connectivity index (χ1v) is 9.38.